The zero-order valence-corrected chi connectivity index (χ0v) is 13.0. The molecule has 0 aliphatic rings. The average molecular weight is 336 g/mol. The molecule has 3 aromatic rings. The number of fused-ring (bicyclic) bond motifs is 1. The highest BCUT2D eigenvalue weighted by atomic mass is 79.9. The van der Waals surface area contributed by atoms with Crippen LogP contribution in [0.5, 0.6) is 5.88 Å². The van der Waals surface area contributed by atoms with Crippen molar-refractivity contribution < 1.29 is 4.74 Å². The first kappa shape index (κ1) is 13.1. The molecule has 0 spiro atoms. The molecule has 0 aromatic carbocycles. The number of nitrogens with zero attached hydrogens (tertiary/aromatic N) is 5. The highest BCUT2D eigenvalue weighted by Gasteiger charge is 2.15. The molecule has 0 saturated carbocycles. The zero-order chi connectivity index (χ0) is 14.3. The molecule has 0 fully saturated rings. The van der Waals surface area contributed by atoms with Crippen LogP contribution in [-0.4, -0.2) is 30.5 Å². The summed E-state index contributed by atoms with van der Waals surface area (Å²) in [5, 5.41) is 8.70. The van der Waals surface area contributed by atoms with E-state index in [0.717, 1.165) is 21.4 Å². The summed E-state index contributed by atoms with van der Waals surface area (Å²) in [4.78, 5) is 4.30. The second-order valence-electron chi connectivity index (χ2n) is 4.78. The number of aryl methyl sites for hydroxylation is 1. The van der Waals surface area contributed by atoms with Gasteiger partial charge in [0.25, 0.3) is 0 Å². The van der Waals surface area contributed by atoms with Gasteiger partial charge < -0.3 is 4.74 Å². The van der Waals surface area contributed by atoms with Crippen LogP contribution >= 0.6 is 15.9 Å². The third-order valence-corrected chi connectivity index (χ3v) is 3.32. The van der Waals surface area contributed by atoms with Crippen molar-refractivity contribution in [2.24, 2.45) is 7.05 Å². The van der Waals surface area contributed by atoms with Gasteiger partial charge in [-0.25, -0.2) is 9.50 Å². The maximum atomic E-state index is 5.82. The fourth-order valence-corrected chi connectivity index (χ4v) is 2.31. The monoisotopic (exact) mass is 335 g/mol. The highest BCUT2D eigenvalue weighted by Crippen LogP contribution is 2.30. The third kappa shape index (κ3) is 2.29. The second-order valence-corrected chi connectivity index (χ2v) is 5.60. The summed E-state index contributed by atoms with van der Waals surface area (Å²) >= 11 is 3.42. The Morgan fingerprint density at radius 2 is 2.10 bits per heavy atom. The average Bonchev–Trinajstić information content (AvgIpc) is 2.95. The molecule has 0 bridgehead atoms. The van der Waals surface area contributed by atoms with Crippen molar-refractivity contribution in [3.63, 3.8) is 0 Å². The summed E-state index contributed by atoms with van der Waals surface area (Å²) in [5.41, 5.74) is 2.60. The molecule has 0 aliphatic heterocycles. The smallest absolute Gasteiger partial charge is 0.240 e. The van der Waals surface area contributed by atoms with Crippen molar-refractivity contribution in [1.29, 1.82) is 0 Å². The first-order valence-corrected chi connectivity index (χ1v) is 7.04. The zero-order valence-electron chi connectivity index (χ0n) is 11.4. The highest BCUT2D eigenvalue weighted by molar-refractivity contribution is 9.10. The molecular weight excluding hydrogens is 322 g/mol. The molecule has 0 radical (unpaired) electrons. The van der Waals surface area contributed by atoms with E-state index in [1.54, 1.807) is 21.6 Å². The van der Waals surface area contributed by atoms with E-state index in [1.165, 1.54) is 0 Å². The molecule has 0 saturated heterocycles. The van der Waals surface area contributed by atoms with Gasteiger partial charge in [0, 0.05) is 18.8 Å². The maximum Gasteiger partial charge on any atom is 0.240 e. The molecule has 0 aliphatic carbocycles. The lowest BCUT2D eigenvalue weighted by molar-refractivity contribution is 0.230. The maximum absolute atomic E-state index is 5.82. The van der Waals surface area contributed by atoms with Gasteiger partial charge in [0.2, 0.25) is 5.88 Å². The fourth-order valence-electron chi connectivity index (χ4n) is 1.95. The second kappa shape index (κ2) is 4.90. The van der Waals surface area contributed by atoms with Crippen LogP contribution in [-0.2, 0) is 7.05 Å². The van der Waals surface area contributed by atoms with Crippen molar-refractivity contribution in [2.45, 2.75) is 20.0 Å². The fraction of sp³-hybridized carbons (Fsp3) is 0.308. The quantitative estimate of drug-likeness (QED) is 0.738. The summed E-state index contributed by atoms with van der Waals surface area (Å²) in [6.45, 7) is 3.95. The SMILES string of the molecule is CC(C)Oc1nn2c(Br)cnc2cc1-c1cnn(C)c1. The van der Waals surface area contributed by atoms with Crippen LogP contribution in [0.25, 0.3) is 16.8 Å². The number of aromatic nitrogens is 5. The van der Waals surface area contributed by atoms with Gasteiger partial charge in [0.1, 0.15) is 4.60 Å². The molecule has 0 N–H and O–H groups in total. The van der Waals surface area contributed by atoms with Gasteiger partial charge in [-0.15, -0.1) is 5.10 Å². The Kier molecular flexibility index (Phi) is 3.21. The number of hydrogen-bond donors (Lipinski definition) is 0. The van der Waals surface area contributed by atoms with Gasteiger partial charge in [-0.1, -0.05) is 0 Å². The van der Waals surface area contributed by atoms with E-state index in [4.69, 9.17) is 4.74 Å². The first-order valence-electron chi connectivity index (χ1n) is 6.24. The number of ether oxygens (including phenoxy) is 1. The van der Waals surface area contributed by atoms with E-state index in [0.29, 0.717) is 5.88 Å². The topological polar surface area (TPSA) is 57.2 Å². The number of hydrogen-bond acceptors (Lipinski definition) is 4. The number of halogens is 1. The standard InChI is InChI=1S/C13H14BrN5O/c1-8(2)20-13-10(9-5-16-18(3)7-9)4-12-15-6-11(14)19(12)17-13/h4-8H,1-3H3. The summed E-state index contributed by atoms with van der Waals surface area (Å²) in [5.74, 6) is 0.569. The van der Waals surface area contributed by atoms with E-state index in [1.807, 2.05) is 33.2 Å². The molecule has 3 rings (SSSR count). The lowest BCUT2D eigenvalue weighted by Crippen LogP contribution is -2.10. The predicted molar refractivity (Wildman–Crippen MR) is 78.7 cm³/mol. The van der Waals surface area contributed by atoms with E-state index in [9.17, 15) is 0 Å². The third-order valence-electron chi connectivity index (χ3n) is 2.78. The molecule has 0 amide bonds. The summed E-state index contributed by atoms with van der Waals surface area (Å²) in [6, 6.07) is 1.95. The van der Waals surface area contributed by atoms with Crippen molar-refractivity contribution in [3.05, 3.63) is 29.3 Å². The van der Waals surface area contributed by atoms with Gasteiger partial charge in [-0.3, -0.25) is 4.68 Å². The predicted octanol–water partition coefficient (Wildman–Crippen LogP) is 2.68. The van der Waals surface area contributed by atoms with Gasteiger partial charge in [0.05, 0.1) is 24.1 Å². The first-order chi connectivity index (χ1) is 9.54. The normalized spacial score (nSPS) is 11.4. The molecule has 6 nitrogen and oxygen atoms in total. The van der Waals surface area contributed by atoms with E-state index >= 15 is 0 Å². The largest absolute Gasteiger partial charge is 0.473 e. The molecule has 104 valence electrons. The van der Waals surface area contributed by atoms with Crippen LogP contribution in [0, 0.1) is 0 Å². The Balaban J connectivity index is 2.21. The van der Waals surface area contributed by atoms with E-state index < -0.39 is 0 Å². The Morgan fingerprint density at radius 1 is 1.30 bits per heavy atom. The van der Waals surface area contributed by atoms with Crippen LogP contribution in [0.1, 0.15) is 13.8 Å². The molecule has 3 aromatic heterocycles. The van der Waals surface area contributed by atoms with Gasteiger partial charge in [-0.05, 0) is 35.8 Å². The van der Waals surface area contributed by atoms with Crippen molar-refractivity contribution in [2.75, 3.05) is 0 Å². The summed E-state index contributed by atoms with van der Waals surface area (Å²) < 4.78 is 10.1. The van der Waals surface area contributed by atoms with Crippen molar-refractivity contribution in [1.82, 2.24) is 24.4 Å². The Labute approximate surface area is 124 Å². The molecular formula is C13H14BrN5O. The minimum Gasteiger partial charge on any atom is -0.473 e. The number of rotatable bonds is 3. The number of imidazole rings is 1. The molecule has 0 unspecified atom stereocenters. The van der Waals surface area contributed by atoms with Crippen LogP contribution < -0.4 is 4.74 Å². The minimum atomic E-state index is 0.0395. The minimum absolute atomic E-state index is 0.0395. The van der Waals surface area contributed by atoms with Crippen molar-refractivity contribution >= 4 is 21.6 Å². The van der Waals surface area contributed by atoms with Crippen LogP contribution in [0.4, 0.5) is 0 Å². The van der Waals surface area contributed by atoms with Crippen LogP contribution in [0.15, 0.2) is 29.3 Å². The van der Waals surface area contributed by atoms with Crippen molar-refractivity contribution in [3.8, 4) is 17.0 Å². The van der Waals surface area contributed by atoms with Crippen LogP contribution in [0.3, 0.4) is 0 Å². The van der Waals surface area contributed by atoms with Gasteiger partial charge in [-0.2, -0.15) is 5.10 Å². The lowest BCUT2D eigenvalue weighted by atomic mass is 10.1. The van der Waals surface area contributed by atoms with Gasteiger partial charge in [0.15, 0.2) is 5.65 Å². The molecule has 7 heteroatoms. The van der Waals surface area contributed by atoms with E-state index in [2.05, 4.69) is 31.1 Å². The van der Waals surface area contributed by atoms with Gasteiger partial charge >= 0.3 is 0 Å². The summed E-state index contributed by atoms with van der Waals surface area (Å²) in [6.07, 6.45) is 5.48. The summed E-state index contributed by atoms with van der Waals surface area (Å²) in [7, 11) is 1.88. The Morgan fingerprint density at radius 3 is 2.75 bits per heavy atom. The molecule has 3 heterocycles. The Bertz CT molecular complexity index is 761. The Hall–Kier alpha value is -1.89. The molecule has 20 heavy (non-hydrogen) atoms. The van der Waals surface area contributed by atoms with Crippen LogP contribution in [0.2, 0.25) is 0 Å². The van der Waals surface area contributed by atoms with E-state index in [-0.39, 0.29) is 6.10 Å². The lowest BCUT2D eigenvalue weighted by Gasteiger charge is -2.12. The molecule has 0 atom stereocenters.